The SMILES string of the molecule is CCCC(=O)c1ccc(-c2cc(C=O)c(O)c(CC)c2)s1. The Morgan fingerprint density at radius 3 is 2.67 bits per heavy atom. The number of carbonyl (C=O) groups excluding carboxylic acids is 2. The van der Waals surface area contributed by atoms with Crippen molar-refractivity contribution in [2.75, 3.05) is 0 Å². The van der Waals surface area contributed by atoms with Crippen molar-refractivity contribution in [1.82, 2.24) is 0 Å². The summed E-state index contributed by atoms with van der Waals surface area (Å²) in [6.45, 7) is 3.91. The fourth-order valence-corrected chi connectivity index (χ4v) is 3.17. The molecule has 0 saturated heterocycles. The van der Waals surface area contributed by atoms with Gasteiger partial charge in [0, 0.05) is 11.3 Å². The van der Waals surface area contributed by atoms with Gasteiger partial charge < -0.3 is 5.11 Å². The lowest BCUT2D eigenvalue weighted by atomic mass is 10.0. The van der Waals surface area contributed by atoms with E-state index < -0.39 is 0 Å². The Balaban J connectivity index is 2.42. The van der Waals surface area contributed by atoms with Crippen molar-refractivity contribution in [3.8, 4) is 16.2 Å². The predicted octanol–water partition coefficient (Wildman–Crippen LogP) is 4.48. The van der Waals surface area contributed by atoms with Crippen LogP contribution in [0.3, 0.4) is 0 Å². The number of hydrogen-bond acceptors (Lipinski definition) is 4. The second-order valence-corrected chi connectivity index (χ2v) is 5.97. The van der Waals surface area contributed by atoms with E-state index in [1.165, 1.54) is 11.3 Å². The molecule has 21 heavy (non-hydrogen) atoms. The van der Waals surface area contributed by atoms with Gasteiger partial charge in [-0.15, -0.1) is 11.3 Å². The highest BCUT2D eigenvalue weighted by atomic mass is 32.1. The number of phenolic OH excluding ortho intramolecular Hbond substituents is 1. The molecule has 110 valence electrons. The van der Waals surface area contributed by atoms with Gasteiger partial charge in [-0.05, 0) is 48.2 Å². The van der Waals surface area contributed by atoms with Crippen molar-refractivity contribution < 1.29 is 14.7 Å². The van der Waals surface area contributed by atoms with Gasteiger partial charge in [0.05, 0.1) is 10.4 Å². The molecular formula is C17H18O3S. The number of rotatable bonds is 6. The maximum absolute atomic E-state index is 11.9. The van der Waals surface area contributed by atoms with Gasteiger partial charge in [-0.3, -0.25) is 9.59 Å². The molecule has 0 amide bonds. The van der Waals surface area contributed by atoms with Crippen LogP contribution in [-0.2, 0) is 6.42 Å². The first-order valence-electron chi connectivity index (χ1n) is 7.05. The van der Waals surface area contributed by atoms with E-state index in [1.54, 1.807) is 6.07 Å². The number of benzene rings is 1. The fraction of sp³-hybridized carbons (Fsp3) is 0.294. The molecule has 3 nitrogen and oxygen atoms in total. The van der Waals surface area contributed by atoms with Crippen LogP contribution in [0, 0.1) is 0 Å². The molecule has 0 aliphatic carbocycles. The number of hydrogen-bond donors (Lipinski definition) is 1. The summed E-state index contributed by atoms with van der Waals surface area (Å²) in [5.41, 5.74) is 1.90. The highest BCUT2D eigenvalue weighted by Crippen LogP contribution is 2.34. The smallest absolute Gasteiger partial charge is 0.172 e. The molecule has 0 spiro atoms. The highest BCUT2D eigenvalue weighted by molar-refractivity contribution is 7.17. The fourth-order valence-electron chi connectivity index (χ4n) is 2.21. The van der Waals surface area contributed by atoms with Crippen molar-refractivity contribution in [3.63, 3.8) is 0 Å². The maximum Gasteiger partial charge on any atom is 0.172 e. The van der Waals surface area contributed by atoms with Gasteiger partial charge in [-0.2, -0.15) is 0 Å². The van der Waals surface area contributed by atoms with Gasteiger partial charge >= 0.3 is 0 Å². The molecule has 1 heterocycles. The second-order valence-electron chi connectivity index (χ2n) is 4.88. The van der Waals surface area contributed by atoms with Crippen LogP contribution in [0.5, 0.6) is 5.75 Å². The Morgan fingerprint density at radius 2 is 2.05 bits per heavy atom. The van der Waals surface area contributed by atoms with Crippen LogP contribution in [0.15, 0.2) is 24.3 Å². The minimum absolute atomic E-state index is 0.0510. The Kier molecular flexibility index (Phi) is 4.91. The third kappa shape index (κ3) is 3.22. The first-order valence-corrected chi connectivity index (χ1v) is 7.86. The number of Topliss-reactive ketones (excluding diaryl/α,β-unsaturated/α-hetero) is 1. The van der Waals surface area contributed by atoms with E-state index in [2.05, 4.69) is 0 Å². The molecule has 4 heteroatoms. The van der Waals surface area contributed by atoms with Crippen molar-refractivity contribution >= 4 is 23.4 Å². The van der Waals surface area contributed by atoms with E-state index in [0.717, 1.165) is 27.3 Å². The Morgan fingerprint density at radius 1 is 1.29 bits per heavy atom. The third-order valence-electron chi connectivity index (χ3n) is 3.37. The minimum atomic E-state index is 0.0510. The molecule has 1 N–H and O–H groups in total. The van der Waals surface area contributed by atoms with Crippen molar-refractivity contribution in [2.24, 2.45) is 0 Å². The maximum atomic E-state index is 11.9. The van der Waals surface area contributed by atoms with Crippen LogP contribution in [0.1, 0.15) is 52.3 Å². The lowest BCUT2D eigenvalue weighted by Gasteiger charge is -2.07. The second kappa shape index (κ2) is 6.68. The predicted molar refractivity (Wildman–Crippen MR) is 85.4 cm³/mol. The zero-order chi connectivity index (χ0) is 15.4. The molecule has 0 aliphatic rings. The first kappa shape index (κ1) is 15.4. The summed E-state index contributed by atoms with van der Waals surface area (Å²) < 4.78 is 0. The highest BCUT2D eigenvalue weighted by Gasteiger charge is 2.13. The lowest BCUT2D eigenvalue weighted by molar-refractivity contribution is 0.0985. The standard InChI is InChI=1S/C17H18O3S/c1-3-5-14(19)16-7-6-15(21-16)12-8-11(4-2)17(20)13(9-12)10-18/h6-10,20H,3-5H2,1-2H3. The molecule has 0 aliphatic heterocycles. The molecule has 0 fully saturated rings. The zero-order valence-electron chi connectivity index (χ0n) is 12.2. The number of aromatic hydroxyl groups is 1. The van der Waals surface area contributed by atoms with E-state index >= 15 is 0 Å². The van der Waals surface area contributed by atoms with E-state index in [1.807, 2.05) is 32.0 Å². The van der Waals surface area contributed by atoms with Crippen LogP contribution >= 0.6 is 11.3 Å². The van der Waals surface area contributed by atoms with Crippen LogP contribution in [0.4, 0.5) is 0 Å². The van der Waals surface area contributed by atoms with Gasteiger partial charge in [-0.1, -0.05) is 13.8 Å². The van der Waals surface area contributed by atoms with Crippen molar-refractivity contribution in [2.45, 2.75) is 33.1 Å². The molecule has 0 atom stereocenters. The average molecular weight is 302 g/mol. The number of thiophene rings is 1. The molecule has 0 unspecified atom stereocenters. The normalized spacial score (nSPS) is 10.6. The molecule has 2 aromatic rings. The van der Waals surface area contributed by atoms with E-state index in [0.29, 0.717) is 24.7 Å². The number of phenols is 1. The first-order chi connectivity index (χ1) is 10.1. The molecule has 0 bridgehead atoms. The molecule has 0 saturated carbocycles. The van der Waals surface area contributed by atoms with Crippen LogP contribution < -0.4 is 0 Å². The summed E-state index contributed by atoms with van der Waals surface area (Å²) in [7, 11) is 0. The van der Waals surface area contributed by atoms with E-state index in [-0.39, 0.29) is 11.5 Å². The summed E-state index contributed by atoms with van der Waals surface area (Å²) in [5, 5.41) is 9.94. The van der Waals surface area contributed by atoms with E-state index in [4.69, 9.17) is 0 Å². The minimum Gasteiger partial charge on any atom is -0.507 e. The van der Waals surface area contributed by atoms with Crippen LogP contribution in [-0.4, -0.2) is 17.2 Å². The number of aldehydes is 1. The zero-order valence-corrected chi connectivity index (χ0v) is 13.0. The Labute approximate surface area is 128 Å². The molecule has 1 aromatic carbocycles. The molecule has 0 radical (unpaired) electrons. The van der Waals surface area contributed by atoms with Crippen molar-refractivity contribution in [3.05, 3.63) is 40.3 Å². The van der Waals surface area contributed by atoms with Gasteiger partial charge in [-0.25, -0.2) is 0 Å². The monoisotopic (exact) mass is 302 g/mol. The van der Waals surface area contributed by atoms with Crippen molar-refractivity contribution in [1.29, 1.82) is 0 Å². The number of ketones is 1. The molecule has 2 rings (SSSR count). The summed E-state index contributed by atoms with van der Waals surface area (Å²) in [6.07, 6.45) is 2.69. The summed E-state index contributed by atoms with van der Waals surface area (Å²) in [6, 6.07) is 7.27. The van der Waals surface area contributed by atoms with Crippen LogP contribution in [0.2, 0.25) is 0 Å². The average Bonchev–Trinajstić information content (AvgIpc) is 2.97. The quantitative estimate of drug-likeness (QED) is 0.632. The molecular weight excluding hydrogens is 284 g/mol. The topological polar surface area (TPSA) is 54.4 Å². The molecule has 1 aromatic heterocycles. The number of aryl methyl sites for hydroxylation is 1. The number of carbonyl (C=O) groups is 2. The van der Waals surface area contributed by atoms with Gasteiger partial charge in [0.25, 0.3) is 0 Å². The summed E-state index contributed by atoms with van der Waals surface area (Å²) >= 11 is 1.43. The van der Waals surface area contributed by atoms with Crippen LogP contribution in [0.25, 0.3) is 10.4 Å². The lowest BCUT2D eigenvalue weighted by Crippen LogP contribution is -1.93. The third-order valence-corrected chi connectivity index (χ3v) is 4.54. The van der Waals surface area contributed by atoms with Gasteiger partial charge in [0.2, 0.25) is 0 Å². The Hall–Kier alpha value is -1.94. The Bertz CT molecular complexity index is 671. The van der Waals surface area contributed by atoms with E-state index in [9.17, 15) is 14.7 Å². The van der Waals surface area contributed by atoms with Gasteiger partial charge in [0.15, 0.2) is 12.1 Å². The summed E-state index contributed by atoms with van der Waals surface area (Å²) in [4.78, 5) is 24.6. The van der Waals surface area contributed by atoms with Gasteiger partial charge in [0.1, 0.15) is 5.75 Å². The largest absolute Gasteiger partial charge is 0.507 e. The summed E-state index contributed by atoms with van der Waals surface area (Å²) in [5.74, 6) is 0.203.